The molecule has 1 saturated heterocycles. The van der Waals surface area contributed by atoms with Crippen LogP contribution in [0.15, 0.2) is 83.8 Å². The highest BCUT2D eigenvalue weighted by atomic mass is 35.5. The Bertz CT molecular complexity index is 1300. The third kappa shape index (κ3) is 5.69. The molecule has 5 nitrogen and oxygen atoms in total. The Labute approximate surface area is 206 Å². The first-order chi connectivity index (χ1) is 16.6. The first kappa shape index (κ1) is 25.2. The molecule has 35 heavy (non-hydrogen) atoms. The normalized spacial score (nSPS) is 19.0. The Morgan fingerprint density at radius 3 is 2.31 bits per heavy atom. The van der Waals surface area contributed by atoms with Crippen molar-refractivity contribution in [1.82, 2.24) is 9.62 Å². The fourth-order valence-electron chi connectivity index (χ4n) is 4.18. The maximum Gasteiger partial charge on any atom is 0.416 e. The van der Waals surface area contributed by atoms with Crippen LogP contribution >= 0.6 is 11.6 Å². The lowest BCUT2D eigenvalue weighted by atomic mass is 9.87. The lowest BCUT2D eigenvalue weighted by molar-refractivity contribution is -0.137. The molecule has 0 saturated carbocycles. The minimum atomic E-state index is -4.56. The Morgan fingerprint density at radius 1 is 0.971 bits per heavy atom. The highest BCUT2D eigenvalue weighted by Crippen LogP contribution is 2.38. The van der Waals surface area contributed by atoms with Gasteiger partial charge in [-0.25, -0.2) is 8.42 Å². The monoisotopic (exact) mass is 522 g/mol. The number of nitrogens with one attached hydrogen (secondary N) is 1. The Balaban J connectivity index is 1.64. The van der Waals surface area contributed by atoms with E-state index in [1.165, 1.54) is 36.4 Å². The van der Waals surface area contributed by atoms with Crippen molar-refractivity contribution in [2.45, 2.75) is 23.5 Å². The first-order valence-electron chi connectivity index (χ1n) is 10.8. The van der Waals surface area contributed by atoms with Crippen molar-refractivity contribution in [3.05, 3.63) is 101 Å². The molecule has 2 unspecified atom stereocenters. The Morgan fingerprint density at radius 2 is 1.66 bits per heavy atom. The van der Waals surface area contributed by atoms with E-state index in [9.17, 15) is 26.4 Å². The second kappa shape index (κ2) is 10.0. The summed E-state index contributed by atoms with van der Waals surface area (Å²) < 4.78 is 67.7. The van der Waals surface area contributed by atoms with Crippen LogP contribution in [0.5, 0.6) is 0 Å². The summed E-state index contributed by atoms with van der Waals surface area (Å²) in [7, 11) is -4.00. The van der Waals surface area contributed by atoms with Gasteiger partial charge in [-0.3, -0.25) is 4.79 Å². The van der Waals surface area contributed by atoms with Gasteiger partial charge in [0.05, 0.1) is 16.4 Å². The summed E-state index contributed by atoms with van der Waals surface area (Å²) >= 11 is 5.87. The molecular weight excluding hydrogens is 501 g/mol. The van der Waals surface area contributed by atoms with Crippen molar-refractivity contribution in [1.29, 1.82) is 0 Å². The van der Waals surface area contributed by atoms with Crippen LogP contribution in [0, 0.1) is 5.92 Å². The topological polar surface area (TPSA) is 66.5 Å². The zero-order valence-corrected chi connectivity index (χ0v) is 19.9. The number of alkyl halides is 3. The van der Waals surface area contributed by atoms with Crippen LogP contribution in [-0.4, -0.2) is 31.7 Å². The Kier molecular flexibility index (Phi) is 7.21. The van der Waals surface area contributed by atoms with Gasteiger partial charge in [0.15, 0.2) is 0 Å². The summed E-state index contributed by atoms with van der Waals surface area (Å²) in [5.41, 5.74) is 0.256. The van der Waals surface area contributed by atoms with E-state index in [0.717, 1.165) is 22.0 Å². The van der Waals surface area contributed by atoms with Gasteiger partial charge >= 0.3 is 6.18 Å². The van der Waals surface area contributed by atoms with Gasteiger partial charge in [0.1, 0.15) is 0 Å². The van der Waals surface area contributed by atoms with E-state index < -0.39 is 39.5 Å². The molecule has 1 aliphatic heterocycles. The molecule has 4 rings (SSSR count). The average Bonchev–Trinajstić information content (AvgIpc) is 3.30. The van der Waals surface area contributed by atoms with E-state index >= 15 is 0 Å². The van der Waals surface area contributed by atoms with Crippen LogP contribution in [-0.2, 0) is 27.5 Å². The molecule has 1 aliphatic rings. The van der Waals surface area contributed by atoms with Crippen LogP contribution in [0.1, 0.15) is 22.6 Å². The fourth-order valence-corrected chi connectivity index (χ4v) is 5.80. The van der Waals surface area contributed by atoms with Gasteiger partial charge in [0.2, 0.25) is 15.9 Å². The van der Waals surface area contributed by atoms with Crippen molar-refractivity contribution in [3.8, 4) is 0 Å². The zero-order valence-electron chi connectivity index (χ0n) is 18.4. The minimum Gasteiger partial charge on any atom is -0.352 e. The molecule has 0 bridgehead atoms. The van der Waals surface area contributed by atoms with Crippen molar-refractivity contribution in [3.63, 3.8) is 0 Å². The summed E-state index contributed by atoms with van der Waals surface area (Å²) in [6.07, 6.45) is -4.56. The van der Waals surface area contributed by atoms with Crippen LogP contribution in [0.4, 0.5) is 13.2 Å². The molecule has 0 spiro atoms. The lowest BCUT2D eigenvalue weighted by Crippen LogP contribution is -2.35. The maximum atomic E-state index is 13.3. The highest BCUT2D eigenvalue weighted by molar-refractivity contribution is 7.89. The number of sulfonamides is 1. The van der Waals surface area contributed by atoms with Crippen molar-refractivity contribution in [2.75, 3.05) is 13.1 Å². The van der Waals surface area contributed by atoms with Crippen LogP contribution in [0.3, 0.4) is 0 Å². The van der Waals surface area contributed by atoms with Crippen molar-refractivity contribution in [2.24, 2.45) is 5.92 Å². The van der Waals surface area contributed by atoms with Gasteiger partial charge in [0, 0.05) is 30.6 Å². The highest BCUT2D eigenvalue weighted by Gasteiger charge is 2.44. The molecule has 2 atom stereocenters. The molecule has 0 aliphatic carbocycles. The zero-order chi connectivity index (χ0) is 25.2. The number of amides is 1. The van der Waals surface area contributed by atoms with E-state index in [2.05, 4.69) is 5.32 Å². The molecule has 184 valence electrons. The maximum absolute atomic E-state index is 13.3. The van der Waals surface area contributed by atoms with Gasteiger partial charge in [-0.2, -0.15) is 17.5 Å². The SMILES string of the molecule is O=C(NCc1ccccc1)C1CN(S(=O)(=O)c2ccc(Cl)cc2)CC1c1cccc(C(F)(F)F)c1. The largest absolute Gasteiger partial charge is 0.416 e. The first-order valence-corrected chi connectivity index (χ1v) is 12.6. The van der Waals surface area contributed by atoms with E-state index in [-0.39, 0.29) is 30.1 Å². The molecule has 3 aromatic rings. The lowest BCUT2D eigenvalue weighted by Gasteiger charge is -2.19. The number of carbonyl (C=O) groups is 1. The van der Waals surface area contributed by atoms with E-state index in [1.54, 1.807) is 0 Å². The van der Waals surface area contributed by atoms with Gasteiger partial charge < -0.3 is 5.32 Å². The number of hydrogen-bond acceptors (Lipinski definition) is 3. The number of benzene rings is 3. The number of nitrogens with zero attached hydrogens (tertiary/aromatic N) is 1. The molecule has 3 aromatic carbocycles. The quantitative estimate of drug-likeness (QED) is 0.491. The predicted octanol–water partition coefficient (Wildman–Crippen LogP) is 5.08. The molecule has 1 N–H and O–H groups in total. The fraction of sp³-hybridized carbons (Fsp3) is 0.240. The summed E-state index contributed by atoms with van der Waals surface area (Å²) in [5, 5.41) is 3.17. The van der Waals surface area contributed by atoms with E-state index in [0.29, 0.717) is 5.02 Å². The van der Waals surface area contributed by atoms with Crippen molar-refractivity contribution >= 4 is 27.5 Å². The number of hydrogen-bond donors (Lipinski definition) is 1. The van der Waals surface area contributed by atoms with Gasteiger partial charge in [-0.1, -0.05) is 60.1 Å². The van der Waals surface area contributed by atoms with Crippen LogP contribution in [0.2, 0.25) is 5.02 Å². The number of carbonyl (C=O) groups excluding carboxylic acids is 1. The number of rotatable bonds is 6. The third-order valence-corrected chi connectivity index (χ3v) is 8.12. The van der Waals surface area contributed by atoms with Crippen LogP contribution < -0.4 is 5.32 Å². The summed E-state index contributed by atoms with van der Waals surface area (Å²) in [6, 6.07) is 19.5. The average molecular weight is 523 g/mol. The predicted molar refractivity (Wildman–Crippen MR) is 126 cm³/mol. The standard InChI is InChI=1S/C25H22ClF3N2O3S/c26-20-9-11-21(12-10-20)35(33,34)31-15-22(18-7-4-8-19(13-18)25(27,28)29)23(16-31)24(32)30-14-17-5-2-1-3-6-17/h1-13,22-23H,14-16H2,(H,30,32). The molecular formula is C25H22ClF3N2O3S. The second-order valence-electron chi connectivity index (χ2n) is 8.32. The van der Waals surface area contributed by atoms with Crippen LogP contribution in [0.25, 0.3) is 0 Å². The Hall–Kier alpha value is -2.88. The van der Waals surface area contributed by atoms with E-state index in [1.807, 2.05) is 30.3 Å². The number of halogens is 4. The molecule has 10 heteroatoms. The summed E-state index contributed by atoms with van der Waals surface area (Å²) in [5.74, 6) is -2.05. The van der Waals surface area contributed by atoms with Gasteiger partial charge in [0.25, 0.3) is 0 Å². The molecule has 1 fully saturated rings. The van der Waals surface area contributed by atoms with Gasteiger partial charge in [-0.15, -0.1) is 0 Å². The second-order valence-corrected chi connectivity index (χ2v) is 10.7. The minimum absolute atomic E-state index is 0.00460. The third-order valence-electron chi connectivity index (χ3n) is 6.03. The molecule has 0 aromatic heterocycles. The summed E-state index contributed by atoms with van der Waals surface area (Å²) in [6.45, 7) is -0.0718. The van der Waals surface area contributed by atoms with Gasteiger partial charge in [-0.05, 0) is 41.5 Å². The smallest absolute Gasteiger partial charge is 0.352 e. The molecule has 0 radical (unpaired) electrons. The van der Waals surface area contributed by atoms with Crippen molar-refractivity contribution < 1.29 is 26.4 Å². The molecule has 1 heterocycles. The van der Waals surface area contributed by atoms with E-state index in [4.69, 9.17) is 11.6 Å². The summed E-state index contributed by atoms with van der Waals surface area (Å²) in [4.78, 5) is 13.2. The molecule has 1 amide bonds.